The van der Waals surface area contributed by atoms with Crippen molar-refractivity contribution in [3.05, 3.63) is 15.6 Å². The second-order valence-corrected chi connectivity index (χ2v) is 9.89. The van der Waals surface area contributed by atoms with Crippen LogP contribution < -0.4 is 0 Å². The van der Waals surface area contributed by atoms with Crippen LogP contribution in [0, 0.1) is 36.5 Å². The van der Waals surface area contributed by atoms with Gasteiger partial charge in [0.15, 0.2) is 0 Å². The Morgan fingerprint density at radius 2 is 1.90 bits per heavy atom. The number of nitrogens with zero attached hydrogens (tertiary/aromatic N) is 1. The SMILES string of the molecule is Cc1nc(CC(O)C23CC4CC(CC(C)(C4)C2)C3)sc1C. The Morgan fingerprint density at radius 1 is 1.24 bits per heavy atom. The predicted octanol–water partition coefficient (Wildman–Crippen LogP) is 4.27. The molecule has 1 aromatic heterocycles. The highest BCUT2D eigenvalue weighted by molar-refractivity contribution is 7.11. The minimum absolute atomic E-state index is 0.187. The molecule has 0 aliphatic heterocycles. The van der Waals surface area contributed by atoms with E-state index in [4.69, 9.17) is 0 Å². The molecule has 21 heavy (non-hydrogen) atoms. The first-order valence-electron chi connectivity index (χ1n) is 8.48. The second kappa shape index (κ2) is 4.55. The first-order chi connectivity index (χ1) is 9.87. The molecule has 4 fully saturated rings. The van der Waals surface area contributed by atoms with E-state index < -0.39 is 0 Å². The van der Waals surface area contributed by atoms with Crippen molar-refractivity contribution in [3.63, 3.8) is 0 Å². The first kappa shape index (κ1) is 14.2. The summed E-state index contributed by atoms with van der Waals surface area (Å²) < 4.78 is 0. The lowest BCUT2D eigenvalue weighted by Gasteiger charge is -2.62. The highest BCUT2D eigenvalue weighted by atomic mass is 32.1. The number of aliphatic hydroxyl groups is 1. The Balaban J connectivity index is 1.57. The van der Waals surface area contributed by atoms with Crippen molar-refractivity contribution in [2.45, 2.75) is 71.8 Å². The van der Waals surface area contributed by atoms with Crippen LogP contribution in [0.15, 0.2) is 0 Å². The van der Waals surface area contributed by atoms with E-state index in [2.05, 4.69) is 25.8 Å². The molecule has 0 spiro atoms. The van der Waals surface area contributed by atoms with Crippen molar-refractivity contribution < 1.29 is 5.11 Å². The lowest BCUT2D eigenvalue weighted by atomic mass is 9.43. The maximum atomic E-state index is 11.0. The van der Waals surface area contributed by atoms with Gasteiger partial charge in [-0.3, -0.25) is 0 Å². The lowest BCUT2D eigenvalue weighted by Crippen LogP contribution is -2.55. The number of aromatic nitrogens is 1. The number of hydrogen-bond donors (Lipinski definition) is 1. The number of aryl methyl sites for hydroxylation is 2. The fourth-order valence-corrected chi connectivity index (χ4v) is 7.17. The summed E-state index contributed by atoms with van der Waals surface area (Å²) in [7, 11) is 0. The van der Waals surface area contributed by atoms with Gasteiger partial charge in [-0.1, -0.05) is 6.92 Å². The van der Waals surface area contributed by atoms with Gasteiger partial charge in [-0.2, -0.15) is 0 Å². The Labute approximate surface area is 132 Å². The molecule has 1 heterocycles. The van der Waals surface area contributed by atoms with Gasteiger partial charge in [0.05, 0.1) is 16.8 Å². The molecule has 0 radical (unpaired) electrons. The summed E-state index contributed by atoms with van der Waals surface area (Å²) in [4.78, 5) is 5.95. The summed E-state index contributed by atoms with van der Waals surface area (Å²) in [5.41, 5.74) is 1.85. The third-order valence-electron chi connectivity index (χ3n) is 6.55. The van der Waals surface area contributed by atoms with Crippen LogP contribution in [0.4, 0.5) is 0 Å². The van der Waals surface area contributed by atoms with Gasteiger partial charge < -0.3 is 5.11 Å². The Bertz CT molecular complexity index is 530. The molecule has 0 amide bonds. The molecule has 4 aliphatic carbocycles. The van der Waals surface area contributed by atoms with Crippen LogP contribution >= 0.6 is 11.3 Å². The Hall–Kier alpha value is -0.410. The van der Waals surface area contributed by atoms with Gasteiger partial charge in [0, 0.05) is 11.3 Å². The largest absolute Gasteiger partial charge is 0.392 e. The number of rotatable bonds is 3. The molecule has 3 unspecified atom stereocenters. The molecule has 3 atom stereocenters. The zero-order valence-corrected chi connectivity index (χ0v) is 14.3. The van der Waals surface area contributed by atoms with E-state index in [9.17, 15) is 5.11 Å². The summed E-state index contributed by atoms with van der Waals surface area (Å²) >= 11 is 1.77. The maximum absolute atomic E-state index is 11.0. The highest BCUT2D eigenvalue weighted by Gasteiger charge is 2.58. The number of aliphatic hydroxyl groups excluding tert-OH is 1. The van der Waals surface area contributed by atoms with E-state index in [1.54, 1.807) is 11.3 Å². The molecular formula is C18H27NOS. The van der Waals surface area contributed by atoms with Crippen molar-refractivity contribution in [3.8, 4) is 0 Å². The molecule has 5 rings (SSSR count). The van der Waals surface area contributed by atoms with Crippen LogP contribution in [0.1, 0.15) is 61.0 Å². The van der Waals surface area contributed by atoms with Crippen LogP contribution in [0.5, 0.6) is 0 Å². The molecule has 2 nitrogen and oxygen atoms in total. The average molecular weight is 305 g/mol. The number of thiazole rings is 1. The molecular weight excluding hydrogens is 278 g/mol. The van der Waals surface area contributed by atoms with Gasteiger partial charge in [0.2, 0.25) is 0 Å². The third kappa shape index (κ3) is 2.28. The van der Waals surface area contributed by atoms with Crippen LogP contribution in [-0.2, 0) is 6.42 Å². The van der Waals surface area contributed by atoms with Crippen LogP contribution in [0.3, 0.4) is 0 Å². The van der Waals surface area contributed by atoms with E-state index >= 15 is 0 Å². The third-order valence-corrected chi connectivity index (χ3v) is 7.64. The zero-order chi connectivity index (χ0) is 14.8. The topological polar surface area (TPSA) is 33.1 Å². The lowest BCUT2D eigenvalue weighted by molar-refractivity contribution is -0.152. The summed E-state index contributed by atoms with van der Waals surface area (Å²) in [6.07, 6.45) is 8.62. The van der Waals surface area contributed by atoms with E-state index in [0.717, 1.165) is 29.0 Å². The van der Waals surface area contributed by atoms with Crippen LogP contribution in [0.2, 0.25) is 0 Å². The minimum Gasteiger partial charge on any atom is -0.392 e. The van der Waals surface area contributed by atoms with Crippen molar-refractivity contribution in [2.75, 3.05) is 0 Å². The van der Waals surface area contributed by atoms with Crippen LogP contribution in [0.25, 0.3) is 0 Å². The van der Waals surface area contributed by atoms with Gasteiger partial charge in [0.1, 0.15) is 0 Å². The van der Waals surface area contributed by atoms with Crippen molar-refractivity contribution in [1.82, 2.24) is 4.98 Å². The standard InChI is InChI=1S/C18H27NOS/c1-11-12(2)21-16(19-11)5-15(20)18-8-13-4-14(9-18)7-17(3,6-13)10-18/h13-15,20H,4-10H2,1-3H3. The van der Waals surface area contributed by atoms with Crippen molar-refractivity contribution >= 4 is 11.3 Å². The fraction of sp³-hybridized carbons (Fsp3) is 0.833. The van der Waals surface area contributed by atoms with Gasteiger partial charge in [0.25, 0.3) is 0 Å². The molecule has 0 saturated heterocycles. The van der Waals surface area contributed by atoms with E-state index in [-0.39, 0.29) is 11.5 Å². The molecule has 4 bridgehead atoms. The quantitative estimate of drug-likeness (QED) is 0.904. The zero-order valence-electron chi connectivity index (χ0n) is 13.5. The minimum atomic E-state index is -0.187. The molecule has 1 aromatic rings. The Kier molecular flexibility index (Phi) is 3.07. The first-order valence-corrected chi connectivity index (χ1v) is 9.30. The molecule has 3 heteroatoms. The Morgan fingerprint density at radius 3 is 2.43 bits per heavy atom. The van der Waals surface area contributed by atoms with Crippen molar-refractivity contribution in [2.24, 2.45) is 22.7 Å². The van der Waals surface area contributed by atoms with Gasteiger partial charge in [-0.05, 0) is 75.0 Å². The highest BCUT2D eigenvalue weighted by Crippen LogP contribution is 2.66. The molecule has 4 saturated carbocycles. The summed E-state index contributed by atoms with van der Waals surface area (Å²) in [5, 5.41) is 12.2. The normalized spacial score (nSPS) is 42.5. The monoisotopic (exact) mass is 305 g/mol. The molecule has 4 aliphatic rings. The summed E-state index contributed by atoms with van der Waals surface area (Å²) in [5.74, 6) is 1.76. The molecule has 1 N–H and O–H groups in total. The molecule has 116 valence electrons. The van der Waals surface area contributed by atoms with E-state index in [1.165, 1.54) is 43.4 Å². The van der Waals surface area contributed by atoms with E-state index in [1.807, 2.05) is 0 Å². The van der Waals surface area contributed by atoms with Crippen LogP contribution in [-0.4, -0.2) is 16.2 Å². The smallest absolute Gasteiger partial charge is 0.0956 e. The fourth-order valence-electron chi connectivity index (χ4n) is 6.20. The number of hydrogen-bond acceptors (Lipinski definition) is 3. The summed E-state index contributed by atoms with van der Waals surface area (Å²) in [6.45, 7) is 6.69. The van der Waals surface area contributed by atoms with E-state index in [0.29, 0.717) is 5.41 Å². The maximum Gasteiger partial charge on any atom is 0.0956 e. The van der Waals surface area contributed by atoms with Gasteiger partial charge >= 0.3 is 0 Å². The van der Waals surface area contributed by atoms with Crippen molar-refractivity contribution in [1.29, 1.82) is 0 Å². The predicted molar refractivity (Wildman–Crippen MR) is 86.5 cm³/mol. The van der Waals surface area contributed by atoms with Gasteiger partial charge in [-0.15, -0.1) is 11.3 Å². The second-order valence-electron chi connectivity index (χ2n) is 8.60. The molecule has 0 aromatic carbocycles. The van der Waals surface area contributed by atoms with Gasteiger partial charge in [-0.25, -0.2) is 4.98 Å². The average Bonchev–Trinajstić information content (AvgIpc) is 2.65. The summed E-state index contributed by atoms with van der Waals surface area (Å²) in [6, 6.07) is 0.